The molecular formula is C22H26N2O4S. The molecule has 2 aliphatic heterocycles. The number of nitrogens with zero attached hydrogens (tertiary/aromatic N) is 1. The maximum Gasteiger partial charge on any atom is 0.251 e. The molecule has 1 atom stereocenters. The molecule has 1 unspecified atom stereocenters. The number of ether oxygens (including phenoxy) is 1. The summed E-state index contributed by atoms with van der Waals surface area (Å²) in [7, 11) is -3.60. The minimum atomic E-state index is -3.60. The molecule has 1 N–H and O–H groups in total. The normalized spacial score (nSPS) is 19.8. The number of benzene rings is 2. The molecule has 0 bridgehead atoms. The van der Waals surface area contributed by atoms with Gasteiger partial charge in [-0.25, -0.2) is 8.42 Å². The fraction of sp³-hybridized carbons (Fsp3) is 0.409. The molecule has 2 aromatic carbocycles. The van der Waals surface area contributed by atoms with Crippen molar-refractivity contribution >= 4 is 15.9 Å². The van der Waals surface area contributed by atoms with Gasteiger partial charge in [-0.2, -0.15) is 4.31 Å². The predicted octanol–water partition coefficient (Wildman–Crippen LogP) is 3.42. The Morgan fingerprint density at radius 1 is 1.10 bits per heavy atom. The van der Waals surface area contributed by atoms with E-state index in [2.05, 4.69) is 5.32 Å². The number of aryl methyl sites for hydroxylation is 1. The third kappa shape index (κ3) is 4.02. The number of nitrogens with one attached hydrogen (secondary N) is 1. The smallest absolute Gasteiger partial charge is 0.251 e. The summed E-state index contributed by atoms with van der Waals surface area (Å²) < 4.78 is 33.4. The number of hydrogen-bond acceptors (Lipinski definition) is 4. The zero-order valence-corrected chi connectivity index (χ0v) is 17.4. The van der Waals surface area contributed by atoms with E-state index in [9.17, 15) is 13.2 Å². The van der Waals surface area contributed by atoms with Crippen LogP contribution in [0.4, 0.5) is 0 Å². The van der Waals surface area contributed by atoms with Crippen LogP contribution in [0.15, 0.2) is 47.4 Å². The number of carbonyl (C=O) groups excluding carboxylic acids is 1. The predicted molar refractivity (Wildman–Crippen MR) is 111 cm³/mol. The van der Waals surface area contributed by atoms with E-state index in [0.717, 1.165) is 30.6 Å². The van der Waals surface area contributed by atoms with Crippen molar-refractivity contribution in [2.75, 3.05) is 19.7 Å². The van der Waals surface area contributed by atoms with E-state index in [0.29, 0.717) is 37.2 Å². The summed E-state index contributed by atoms with van der Waals surface area (Å²) in [6.45, 7) is 3.38. The molecule has 1 fully saturated rings. The zero-order valence-electron chi connectivity index (χ0n) is 16.6. The molecule has 2 aliphatic rings. The molecule has 0 spiro atoms. The van der Waals surface area contributed by atoms with Crippen molar-refractivity contribution in [3.63, 3.8) is 0 Å². The summed E-state index contributed by atoms with van der Waals surface area (Å²) in [6, 6.07) is 12.4. The van der Waals surface area contributed by atoms with Gasteiger partial charge < -0.3 is 10.1 Å². The Labute approximate surface area is 171 Å². The molecule has 29 heavy (non-hydrogen) atoms. The van der Waals surface area contributed by atoms with Crippen molar-refractivity contribution < 1.29 is 17.9 Å². The number of fused-ring (bicyclic) bond motifs is 1. The van der Waals surface area contributed by atoms with Crippen molar-refractivity contribution in [3.8, 4) is 5.75 Å². The quantitative estimate of drug-likeness (QED) is 0.832. The van der Waals surface area contributed by atoms with E-state index in [1.165, 1.54) is 10.4 Å². The molecule has 2 aromatic rings. The van der Waals surface area contributed by atoms with Gasteiger partial charge in [-0.05, 0) is 43.5 Å². The largest absolute Gasteiger partial charge is 0.493 e. The molecule has 4 rings (SSSR count). The van der Waals surface area contributed by atoms with Gasteiger partial charge in [0, 0.05) is 30.6 Å². The van der Waals surface area contributed by atoms with Crippen LogP contribution in [0, 0.1) is 6.92 Å². The topological polar surface area (TPSA) is 75.7 Å². The lowest BCUT2D eigenvalue weighted by Crippen LogP contribution is -2.36. The van der Waals surface area contributed by atoms with Gasteiger partial charge in [0.1, 0.15) is 5.75 Å². The third-order valence-corrected chi connectivity index (χ3v) is 7.69. The fourth-order valence-corrected chi connectivity index (χ4v) is 5.77. The summed E-state index contributed by atoms with van der Waals surface area (Å²) >= 11 is 0. The van der Waals surface area contributed by atoms with Gasteiger partial charge in [-0.3, -0.25) is 4.79 Å². The van der Waals surface area contributed by atoms with E-state index in [1.54, 1.807) is 19.1 Å². The van der Waals surface area contributed by atoms with Gasteiger partial charge in [0.05, 0.1) is 17.5 Å². The highest BCUT2D eigenvalue weighted by molar-refractivity contribution is 7.89. The van der Waals surface area contributed by atoms with E-state index in [-0.39, 0.29) is 16.8 Å². The Kier molecular flexibility index (Phi) is 5.61. The Morgan fingerprint density at radius 2 is 1.86 bits per heavy atom. The van der Waals surface area contributed by atoms with Crippen LogP contribution in [0.25, 0.3) is 0 Å². The van der Waals surface area contributed by atoms with Crippen molar-refractivity contribution in [2.45, 2.75) is 43.5 Å². The highest BCUT2D eigenvalue weighted by Gasteiger charge is 2.29. The number of hydrogen-bond donors (Lipinski definition) is 1. The first-order valence-corrected chi connectivity index (χ1v) is 11.5. The first-order chi connectivity index (χ1) is 14.0. The Hall–Kier alpha value is -2.38. The van der Waals surface area contributed by atoms with Crippen LogP contribution in [-0.4, -0.2) is 38.3 Å². The average molecular weight is 415 g/mol. The SMILES string of the molecule is Cc1ccc(C(=O)NC2CCOc3ccccc32)cc1S(=O)(=O)N1CCCCC1. The highest BCUT2D eigenvalue weighted by Crippen LogP contribution is 2.32. The number of rotatable bonds is 4. The minimum absolute atomic E-state index is 0.157. The monoisotopic (exact) mass is 414 g/mol. The van der Waals surface area contributed by atoms with Gasteiger partial charge in [-0.1, -0.05) is 30.7 Å². The molecule has 2 heterocycles. The van der Waals surface area contributed by atoms with E-state index < -0.39 is 10.0 Å². The van der Waals surface area contributed by atoms with Gasteiger partial charge in [0.15, 0.2) is 0 Å². The van der Waals surface area contributed by atoms with Crippen molar-refractivity contribution in [2.24, 2.45) is 0 Å². The van der Waals surface area contributed by atoms with Crippen LogP contribution in [0.1, 0.15) is 53.2 Å². The van der Waals surface area contributed by atoms with Gasteiger partial charge in [0.25, 0.3) is 5.91 Å². The second-order valence-electron chi connectivity index (χ2n) is 7.65. The summed E-state index contributed by atoms with van der Waals surface area (Å²) in [5.41, 5.74) is 1.96. The van der Waals surface area contributed by atoms with Crippen LogP contribution in [-0.2, 0) is 10.0 Å². The molecule has 0 radical (unpaired) electrons. The molecule has 0 aliphatic carbocycles. The molecule has 0 aromatic heterocycles. The maximum absolute atomic E-state index is 13.1. The second-order valence-corrected chi connectivity index (χ2v) is 9.55. The Morgan fingerprint density at radius 3 is 2.66 bits per heavy atom. The Balaban J connectivity index is 1.58. The van der Waals surface area contributed by atoms with E-state index >= 15 is 0 Å². The standard InChI is InChI=1S/C22H26N2O4S/c1-16-9-10-17(15-21(16)29(26,27)24-12-5-2-6-13-24)22(25)23-19-11-14-28-20-8-4-3-7-18(19)20/h3-4,7-10,15,19H,2,5-6,11-14H2,1H3,(H,23,25). The average Bonchev–Trinajstić information content (AvgIpc) is 2.75. The molecule has 0 saturated carbocycles. The van der Waals surface area contributed by atoms with Crippen LogP contribution in [0.3, 0.4) is 0 Å². The number of amides is 1. The van der Waals surface area contributed by atoms with Crippen molar-refractivity contribution in [1.82, 2.24) is 9.62 Å². The summed E-state index contributed by atoms with van der Waals surface area (Å²) in [4.78, 5) is 13.2. The molecular weight excluding hydrogens is 388 g/mol. The van der Waals surface area contributed by atoms with Crippen LogP contribution in [0.2, 0.25) is 0 Å². The molecule has 1 saturated heterocycles. The second kappa shape index (κ2) is 8.16. The van der Waals surface area contributed by atoms with Gasteiger partial charge in [-0.15, -0.1) is 0 Å². The molecule has 1 amide bonds. The fourth-order valence-electron chi connectivity index (χ4n) is 4.00. The Bertz CT molecular complexity index is 1010. The lowest BCUT2D eigenvalue weighted by molar-refractivity contribution is 0.0924. The van der Waals surface area contributed by atoms with Crippen molar-refractivity contribution in [3.05, 3.63) is 59.2 Å². The number of piperidine rings is 1. The first-order valence-electron chi connectivity index (χ1n) is 10.1. The summed E-state index contributed by atoms with van der Waals surface area (Å²) in [5.74, 6) is 0.503. The van der Waals surface area contributed by atoms with Crippen LogP contribution < -0.4 is 10.1 Å². The van der Waals surface area contributed by atoms with Crippen LogP contribution in [0.5, 0.6) is 5.75 Å². The lowest BCUT2D eigenvalue weighted by atomic mass is 10.00. The summed E-state index contributed by atoms with van der Waals surface area (Å²) in [6.07, 6.45) is 3.48. The number of para-hydroxylation sites is 1. The molecule has 154 valence electrons. The number of sulfonamides is 1. The van der Waals surface area contributed by atoms with E-state index in [4.69, 9.17) is 4.74 Å². The zero-order chi connectivity index (χ0) is 20.4. The third-order valence-electron chi connectivity index (χ3n) is 5.65. The summed E-state index contributed by atoms with van der Waals surface area (Å²) in [5, 5.41) is 3.04. The molecule has 6 nitrogen and oxygen atoms in total. The van der Waals surface area contributed by atoms with E-state index in [1.807, 2.05) is 24.3 Å². The highest BCUT2D eigenvalue weighted by atomic mass is 32.2. The van der Waals surface area contributed by atoms with Gasteiger partial charge >= 0.3 is 0 Å². The van der Waals surface area contributed by atoms with Crippen LogP contribution >= 0.6 is 0 Å². The minimum Gasteiger partial charge on any atom is -0.493 e. The van der Waals surface area contributed by atoms with Crippen molar-refractivity contribution in [1.29, 1.82) is 0 Å². The molecule has 7 heteroatoms. The lowest BCUT2D eigenvalue weighted by Gasteiger charge is -2.27. The van der Waals surface area contributed by atoms with Gasteiger partial charge in [0.2, 0.25) is 10.0 Å². The maximum atomic E-state index is 13.1. The number of carbonyl (C=O) groups is 1. The first kappa shape index (κ1) is 19.9.